The largest absolute Gasteiger partial charge is 0.259 e. The zero-order valence-electron chi connectivity index (χ0n) is 30.6. The SMILES string of the molecule is [C-]#[N+]c1ccnc(-c2ccc(-c3cc4c(c5ccccc35)-c3ccc(-c5ccc(-c6cc(C#N)ccn6)cc5)cc3C43c4ccccc4-c4ccccc43)cc2)c1. The van der Waals surface area contributed by atoms with E-state index in [9.17, 15) is 5.26 Å². The van der Waals surface area contributed by atoms with Crippen molar-refractivity contribution in [2.45, 2.75) is 5.41 Å². The molecule has 7 aromatic carbocycles. The van der Waals surface area contributed by atoms with Gasteiger partial charge in [-0.25, -0.2) is 4.85 Å². The average molecular weight is 723 g/mol. The molecule has 1 spiro atoms. The molecular weight excluding hydrogens is 693 g/mol. The molecule has 0 bridgehead atoms. The number of nitrogens with zero attached hydrogens (tertiary/aromatic N) is 4. The van der Waals surface area contributed by atoms with E-state index in [1.54, 1.807) is 24.5 Å². The van der Waals surface area contributed by atoms with Crippen LogP contribution in [0.5, 0.6) is 0 Å². The Morgan fingerprint density at radius 1 is 0.456 bits per heavy atom. The molecule has 9 aromatic rings. The lowest BCUT2D eigenvalue weighted by atomic mass is 9.69. The second-order valence-corrected chi connectivity index (χ2v) is 14.7. The molecule has 57 heavy (non-hydrogen) atoms. The summed E-state index contributed by atoms with van der Waals surface area (Å²) >= 11 is 0. The molecule has 0 radical (unpaired) electrons. The number of fused-ring (bicyclic) bond motifs is 12. The van der Waals surface area contributed by atoms with Gasteiger partial charge in [0.1, 0.15) is 0 Å². The van der Waals surface area contributed by atoms with E-state index >= 15 is 0 Å². The molecule has 2 heterocycles. The van der Waals surface area contributed by atoms with Gasteiger partial charge >= 0.3 is 0 Å². The van der Waals surface area contributed by atoms with Crippen molar-refractivity contribution >= 4 is 16.5 Å². The molecule has 0 unspecified atom stereocenters. The first-order chi connectivity index (χ1) is 28.1. The summed E-state index contributed by atoms with van der Waals surface area (Å²) in [4.78, 5) is 12.7. The lowest BCUT2D eigenvalue weighted by Crippen LogP contribution is -2.26. The number of aromatic nitrogens is 2. The van der Waals surface area contributed by atoms with Crippen LogP contribution in [0.4, 0.5) is 5.69 Å². The summed E-state index contributed by atoms with van der Waals surface area (Å²) in [7, 11) is 0. The fourth-order valence-corrected chi connectivity index (χ4v) is 9.37. The molecule has 0 atom stereocenters. The van der Waals surface area contributed by atoms with E-state index in [1.165, 1.54) is 60.8 Å². The maximum atomic E-state index is 9.46. The van der Waals surface area contributed by atoms with Crippen molar-refractivity contribution in [3.05, 3.63) is 221 Å². The third kappa shape index (κ3) is 4.78. The third-order valence-electron chi connectivity index (χ3n) is 11.9. The first-order valence-electron chi connectivity index (χ1n) is 19.0. The topological polar surface area (TPSA) is 53.9 Å². The van der Waals surface area contributed by atoms with Crippen LogP contribution in [0.3, 0.4) is 0 Å². The van der Waals surface area contributed by atoms with E-state index in [0.29, 0.717) is 11.3 Å². The average Bonchev–Trinajstić information content (AvgIpc) is 3.76. The Morgan fingerprint density at radius 2 is 1.04 bits per heavy atom. The fourth-order valence-electron chi connectivity index (χ4n) is 9.37. The lowest BCUT2D eigenvalue weighted by molar-refractivity contribution is 0.795. The molecule has 0 amide bonds. The summed E-state index contributed by atoms with van der Waals surface area (Å²) in [6.45, 7) is 7.49. The van der Waals surface area contributed by atoms with Gasteiger partial charge in [-0.05, 0) is 119 Å². The molecule has 0 saturated carbocycles. The Labute approximate surface area is 330 Å². The minimum Gasteiger partial charge on any atom is -0.259 e. The van der Waals surface area contributed by atoms with Crippen LogP contribution in [-0.4, -0.2) is 9.97 Å². The smallest absolute Gasteiger partial charge is 0.190 e. The highest BCUT2D eigenvalue weighted by molar-refractivity contribution is 6.11. The van der Waals surface area contributed by atoms with E-state index < -0.39 is 5.41 Å². The van der Waals surface area contributed by atoms with Gasteiger partial charge < -0.3 is 0 Å². The summed E-state index contributed by atoms with van der Waals surface area (Å²) in [6.07, 6.45) is 3.39. The predicted octanol–water partition coefficient (Wildman–Crippen LogP) is 13.1. The first kappa shape index (κ1) is 32.5. The molecule has 0 N–H and O–H groups in total. The molecule has 0 saturated heterocycles. The first-order valence-corrected chi connectivity index (χ1v) is 19.0. The number of pyridine rings is 2. The zero-order chi connectivity index (χ0) is 38.1. The van der Waals surface area contributed by atoms with Crippen LogP contribution < -0.4 is 0 Å². The number of hydrogen-bond donors (Lipinski definition) is 0. The molecule has 4 heteroatoms. The van der Waals surface area contributed by atoms with Gasteiger partial charge in [0.2, 0.25) is 0 Å². The number of nitriles is 1. The Bertz CT molecular complexity index is 3150. The van der Waals surface area contributed by atoms with Gasteiger partial charge in [0.25, 0.3) is 0 Å². The quantitative estimate of drug-likeness (QED) is 0.170. The van der Waals surface area contributed by atoms with E-state index in [0.717, 1.165) is 39.2 Å². The summed E-state index contributed by atoms with van der Waals surface area (Å²) in [6, 6.07) is 62.7. The summed E-state index contributed by atoms with van der Waals surface area (Å²) in [5, 5.41) is 11.9. The second-order valence-electron chi connectivity index (χ2n) is 14.7. The third-order valence-corrected chi connectivity index (χ3v) is 11.9. The maximum absolute atomic E-state index is 9.46. The predicted molar refractivity (Wildman–Crippen MR) is 229 cm³/mol. The summed E-state index contributed by atoms with van der Waals surface area (Å²) in [5.74, 6) is 0. The van der Waals surface area contributed by atoms with Gasteiger partial charge in [0.05, 0.1) is 35.0 Å². The van der Waals surface area contributed by atoms with Gasteiger partial charge in [-0.3, -0.25) is 9.97 Å². The molecule has 0 fully saturated rings. The van der Waals surface area contributed by atoms with Crippen molar-refractivity contribution < 1.29 is 0 Å². The molecule has 11 rings (SSSR count). The molecule has 2 aliphatic rings. The van der Waals surface area contributed by atoms with Gasteiger partial charge in [0.15, 0.2) is 5.69 Å². The minimum atomic E-state index is -0.543. The van der Waals surface area contributed by atoms with Crippen LogP contribution in [0.1, 0.15) is 27.8 Å². The number of hydrogen-bond acceptors (Lipinski definition) is 3. The normalized spacial score (nSPS) is 12.7. The highest BCUT2D eigenvalue weighted by Gasteiger charge is 2.52. The Hall–Kier alpha value is -7.92. The molecule has 262 valence electrons. The lowest BCUT2D eigenvalue weighted by Gasteiger charge is -2.31. The monoisotopic (exact) mass is 722 g/mol. The van der Waals surface area contributed by atoms with Gasteiger partial charge in [0, 0.05) is 18.0 Å². The fraction of sp³-hybridized carbons (Fsp3) is 0.0189. The van der Waals surface area contributed by atoms with Crippen molar-refractivity contribution in [1.82, 2.24) is 9.97 Å². The molecule has 2 aliphatic carbocycles. The standard InChI is InChI=1S/C53H30N4/c1-55-39-25-27-57-51(30-39)37-20-16-35(17-21-37)45-31-49-52(43-11-3-2-8-40(43)45)44-23-22-38(34-14-18-36(19-15-34)50-28-33(32-54)24-26-56-50)29-48(44)53(49)46-12-6-4-9-41(46)42-10-5-7-13-47(42)53/h2-31H. The van der Waals surface area contributed by atoms with Crippen LogP contribution in [0.2, 0.25) is 0 Å². The number of benzene rings is 7. The van der Waals surface area contributed by atoms with Crippen LogP contribution in [0, 0.1) is 17.9 Å². The molecular formula is C53H30N4. The van der Waals surface area contributed by atoms with Crippen LogP contribution >= 0.6 is 0 Å². The number of rotatable bonds is 4. The van der Waals surface area contributed by atoms with Crippen molar-refractivity contribution in [2.75, 3.05) is 0 Å². The van der Waals surface area contributed by atoms with Gasteiger partial charge in [-0.15, -0.1) is 0 Å². The highest BCUT2D eigenvalue weighted by Crippen LogP contribution is 2.64. The molecule has 0 aliphatic heterocycles. The Kier molecular flexibility index (Phi) is 7.17. The summed E-state index contributed by atoms with van der Waals surface area (Å²) < 4.78 is 0. The van der Waals surface area contributed by atoms with Crippen molar-refractivity contribution in [1.29, 1.82) is 5.26 Å². The minimum absolute atomic E-state index is 0.543. The molecule has 4 nitrogen and oxygen atoms in total. The van der Waals surface area contributed by atoms with Gasteiger partial charge in [-0.2, -0.15) is 5.26 Å². The summed E-state index contributed by atoms with van der Waals surface area (Å²) in [5.41, 5.74) is 18.9. The Balaban J connectivity index is 1.14. The maximum Gasteiger partial charge on any atom is 0.190 e. The highest BCUT2D eigenvalue weighted by atomic mass is 14.7. The molecule has 2 aromatic heterocycles. The van der Waals surface area contributed by atoms with Crippen molar-refractivity contribution in [3.63, 3.8) is 0 Å². The van der Waals surface area contributed by atoms with Crippen LogP contribution in [0.15, 0.2) is 182 Å². The van der Waals surface area contributed by atoms with E-state index in [-0.39, 0.29) is 0 Å². The Morgan fingerprint density at radius 3 is 1.72 bits per heavy atom. The van der Waals surface area contributed by atoms with E-state index in [1.807, 2.05) is 12.1 Å². The van der Waals surface area contributed by atoms with Crippen molar-refractivity contribution in [3.8, 4) is 73.1 Å². The van der Waals surface area contributed by atoms with E-state index in [4.69, 9.17) is 6.57 Å². The van der Waals surface area contributed by atoms with Gasteiger partial charge in [-0.1, -0.05) is 133 Å². The van der Waals surface area contributed by atoms with Crippen molar-refractivity contribution in [2.24, 2.45) is 0 Å². The second kappa shape index (κ2) is 12.6. The van der Waals surface area contributed by atoms with Crippen LogP contribution in [-0.2, 0) is 5.41 Å². The van der Waals surface area contributed by atoms with Crippen LogP contribution in [0.25, 0.3) is 82.6 Å². The van der Waals surface area contributed by atoms with E-state index in [2.05, 4.69) is 166 Å². The zero-order valence-corrected chi connectivity index (χ0v) is 30.6.